The number of hydrogen-bond donors (Lipinski definition) is 2. The van der Waals surface area contributed by atoms with Crippen molar-refractivity contribution in [1.29, 1.82) is 0 Å². The molecule has 0 radical (unpaired) electrons. The molecule has 1 aliphatic rings. The maximum absolute atomic E-state index is 10.4. The summed E-state index contributed by atoms with van der Waals surface area (Å²) >= 11 is 0. The highest BCUT2D eigenvalue weighted by Crippen LogP contribution is 2.20. The second kappa shape index (κ2) is 7.21. The van der Waals surface area contributed by atoms with Crippen LogP contribution in [0.3, 0.4) is 0 Å². The van der Waals surface area contributed by atoms with Gasteiger partial charge in [-0.3, -0.25) is 4.79 Å². The van der Waals surface area contributed by atoms with E-state index in [0.717, 1.165) is 43.7 Å². The minimum Gasteiger partial charge on any atom is -0.481 e. The Labute approximate surface area is 113 Å². The third kappa shape index (κ3) is 4.18. The number of unbranched alkanes of at least 4 members (excludes halogenated alkanes) is 1. The van der Waals surface area contributed by atoms with Gasteiger partial charge in [-0.1, -0.05) is 6.07 Å². The average molecular weight is 271 g/mol. The number of nitrogens with one attached hydrogen (secondary N) is 1. The predicted octanol–water partition coefficient (Wildman–Crippen LogP) is 2.66. The van der Waals surface area contributed by atoms with Crippen LogP contribution in [0.1, 0.15) is 36.9 Å². The van der Waals surface area contributed by atoms with Gasteiger partial charge in [-0.2, -0.15) is 0 Å². The van der Waals surface area contributed by atoms with Crippen molar-refractivity contribution in [3.63, 3.8) is 0 Å². The summed E-state index contributed by atoms with van der Waals surface area (Å²) in [6.07, 6.45) is 5.01. The lowest BCUT2D eigenvalue weighted by molar-refractivity contribution is -0.137. The first-order chi connectivity index (χ1) is 8.25. The number of carboxylic acid groups (broad SMARTS) is 1. The molecule has 0 saturated heterocycles. The number of nitrogens with zero attached hydrogens (tertiary/aromatic N) is 1. The van der Waals surface area contributed by atoms with Gasteiger partial charge in [-0.05, 0) is 43.7 Å². The van der Waals surface area contributed by atoms with Crippen LogP contribution in [0.25, 0.3) is 0 Å². The summed E-state index contributed by atoms with van der Waals surface area (Å²) in [7, 11) is 0. The number of carboxylic acids is 1. The molecule has 4 nitrogen and oxygen atoms in total. The van der Waals surface area contributed by atoms with Crippen LogP contribution in [0.15, 0.2) is 12.1 Å². The summed E-state index contributed by atoms with van der Waals surface area (Å²) in [6, 6.07) is 4.20. The Balaban J connectivity index is 0.00000162. The van der Waals surface area contributed by atoms with E-state index < -0.39 is 5.97 Å². The van der Waals surface area contributed by atoms with Gasteiger partial charge in [0.05, 0.1) is 0 Å². The second-order valence-electron chi connectivity index (χ2n) is 4.44. The molecule has 0 fully saturated rings. The number of aromatic nitrogens is 1. The lowest BCUT2D eigenvalue weighted by atomic mass is 10.1. The molecule has 0 aromatic carbocycles. The van der Waals surface area contributed by atoms with Gasteiger partial charge in [-0.15, -0.1) is 12.4 Å². The Kier molecular flexibility index (Phi) is 5.92. The highest BCUT2D eigenvalue weighted by atomic mass is 35.5. The van der Waals surface area contributed by atoms with Crippen molar-refractivity contribution in [1.82, 2.24) is 4.98 Å². The van der Waals surface area contributed by atoms with Crippen LogP contribution < -0.4 is 5.32 Å². The first-order valence-electron chi connectivity index (χ1n) is 6.20. The van der Waals surface area contributed by atoms with E-state index in [1.165, 1.54) is 12.0 Å². The van der Waals surface area contributed by atoms with Crippen molar-refractivity contribution in [2.24, 2.45) is 0 Å². The predicted molar refractivity (Wildman–Crippen MR) is 73.5 cm³/mol. The van der Waals surface area contributed by atoms with Gasteiger partial charge in [0.25, 0.3) is 0 Å². The third-order valence-corrected chi connectivity index (χ3v) is 3.03. The minimum atomic E-state index is -0.718. The van der Waals surface area contributed by atoms with Gasteiger partial charge < -0.3 is 10.4 Å². The normalized spacial score (nSPS) is 13.1. The van der Waals surface area contributed by atoms with Crippen molar-refractivity contribution in [3.05, 3.63) is 23.4 Å². The smallest absolute Gasteiger partial charge is 0.303 e. The van der Waals surface area contributed by atoms with E-state index in [0.29, 0.717) is 0 Å². The number of hydrogen-bond acceptors (Lipinski definition) is 3. The molecular formula is C13H19ClN2O2. The molecule has 1 aromatic heterocycles. The molecule has 5 heteroatoms. The fourth-order valence-corrected chi connectivity index (χ4v) is 2.09. The highest BCUT2D eigenvalue weighted by Gasteiger charge is 2.10. The van der Waals surface area contributed by atoms with Gasteiger partial charge in [0.15, 0.2) is 0 Å². The first kappa shape index (κ1) is 14.8. The highest BCUT2D eigenvalue weighted by molar-refractivity contribution is 5.85. The number of anilines is 1. The van der Waals surface area contributed by atoms with Gasteiger partial charge in [0, 0.05) is 18.7 Å². The molecule has 0 aliphatic carbocycles. The van der Waals surface area contributed by atoms with E-state index in [1.807, 2.05) is 0 Å². The lowest BCUT2D eigenvalue weighted by Gasteiger charge is -2.17. The molecule has 0 bridgehead atoms. The van der Waals surface area contributed by atoms with Gasteiger partial charge in [0.1, 0.15) is 5.82 Å². The Morgan fingerprint density at radius 3 is 3.00 bits per heavy atom. The SMILES string of the molecule is Cl.O=C(O)CCCCc1ccc2c(n1)NCCC2. The number of aryl methyl sites for hydroxylation is 2. The molecule has 100 valence electrons. The topological polar surface area (TPSA) is 62.2 Å². The standard InChI is InChI=1S/C13H18N2O2.ClH/c16-12(17)6-2-1-5-11-8-7-10-4-3-9-14-13(10)15-11;/h7-8H,1-6,9H2,(H,14,15)(H,16,17);1H. The first-order valence-corrected chi connectivity index (χ1v) is 6.20. The molecule has 0 atom stereocenters. The van der Waals surface area contributed by atoms with Crippen molar-refractivity contribution in [2.75, 3.05) is 11.9 Å². The second-order valence-corrected chi connectivity index (χ2v) is 4.44. The van der Waals surface area contributed by atoms with Crippen molar-refractivity contribution >= 4 is 24.2 Å². The monoisotopic (exact) mass is 270 g/mol. The molecule has 2 rings (SSSR count). The zero-order valence-corrected chi connectivity index (χ0v) is 11.1. The average Bonchev–Trinajstić information content (AvgIpc) is 2.34. The maximum Gasteiger partial charge on any atom is 0.303 e. The Morgan fingerprint density at radius 1 is 1.39 bits per heavy atom. The number of fused-ring (bicyclic) bond motifs is 1. The van der Waals surface area contributed by atoms with Crippen molar-refractivity contribution < 1.29 is 9.90 Å². The largest absolute Gasteiger partial charge is 0.481 e. The maximum atomic E-state index is 10.4. The number of halogens is 1. The summed E-state index contributed by atoms with van der Waals surface area (Å²) in [4.78, 5) is 14.9. The molecular weight excluding hydrogens is 252 g/mol. The number of rotatable bonds is 5. The molecule has 0 saturated carbocycles. The van der Waals surface area contributed by atoms with Gasteiger partial charge >= 0.3 is 5.97 Å². The quantitative estimate of drug-likeness (QED) is 0.808. The van der Waals surface area contributed by atoms with Crippen LogP contribution in [0.5, 0.6) is 0 Å². The van der Waals surface area contributed by atoms with Crippen LogP contribution in [-0.2, 0) is 17.6 Å². The van der Waals surface area contributed by atoms with Gasteiger partial charge in [0.2, 0.25) is 0 Å². The summed E-state index contributed by atoms with van der Waals surface area (Å²) in [5.41, 5.74) is 2.36. The Hall–Kier alpha value is -1.29. The number of carbonyl (C=O) groups is 1. The third-order valence-electron chi connectivity index (χ3n) is 3.03. The van der Waals surface area contributed by atoms with Crippen molar-refractivity contribution in [3.8, 4) is 0 Å². The van der Waals surface area contributed by atoms with E-state index in [2.05, 4.69) is 22.4 Å². The van der Waals surface area contributed by atoms with E-state index in [9.17, 15) is 4.79 Å². The minimum absolute atomic E-state index is 0. The lowest BCUT2D eigenvalue weighted by Crippen LogP contribution is -2.14. The number of aliphatic carboxylic acids is 1. The molecule has 0 unspecified atom stereocenters. The zero-order chi connectivity index (χ0) is 12.1. The van der Waals surface area contributed by atoms with E-state index in [4.69, 9.17) is 5.11 Å². The molecule has 1 aromatic rings. The van der Waals surface area contributed by atoms with Crippen LogP contribution in [0, 0.1) is 0 Å². The van der Waals surface area contributed by atoms with Crippen LogP contribution >= 0.6 is 12.4 Å². The summed E-state index contributed by atoms with van der Waals surface area (Å²) in [6.45, 7) is 1.00. The fourth-order valence-electron chi connectivity index (χ4n) is 2.09. The molecule has 18 heavy (non-hydrogen) atoms. The molecule has 0 amide bonds. The van der Waals surface area contributed by atoms with E-state index in [1.54, 1.807) is 0 Å². The summed E-state index contributed by atoms with van der Waals surface area (Å²) in [5, 5.41) is 11.8. The zero-order valence-electron chi connectivity index (χ0n) is 10.3. The van der Waals surface area contributed by atoms with Crippen LogP contribution in [-0.4, -0.2) is 22.6 Å². The molecule has 2 heterocycles. The molecule has 0 spiro atoms. The van der Waals surface area contributed by atoms with Crippen LogP contribution in [0.2, 0.25) is 0 Å². The summed E-state index contributed by atoms with van der Waals surface area (Å²) in [5.74, 6) is 0.303. The fraction of sp³-hybridized carbons (Fsp3) is 0.538. The van der Waals surface area contributed by atoms with E-state index >= 15 is 0 Å². The van der Waals surface area contributed by atoms with Crippen LogP contribution in [0.4, 0.5) is 5.82 Å². The molecule has 1 aliphatic heterocycles. The van der Waals surface area contributed by atoms with Crippen molar-refractivity contribution in [2.45, 2.75) is 38.5 Å². The van der Waals surface area contributed by atoms with E-state index in [-0.39, 0.29) is 18.8 Å². The Bertz CT molecular complexity index is 410. The summed E-state index contributed by atoms with van der Waals surface area (Å²) < 4.78 is 0. The van der Waals surface area contributed by atoms with Gasteiger partial charge in [-0.25, -0.2) is 4.98 Å². The number of pyridine rings is 1. The Morgan fingerprint density at radius 2 is 2.22 bits per heavy atom. The molecule has 2 N–H and O–H groups in total.